The molecule has 0 aliphatic rings. The second kappa shape index (κ2) is 8.42. The zero-order valence-electron chi connectivity index (χ0n) is 14.5. The topological polar surface area (TPSA) is 69.7 Å². The van der Waals surface area contributed by atoms with E-state index < -0.39 is 10.0 Å². The molecule has 23 heavy (non-hydrogen) atoms. The largest absolute Gasteiger partial charge is 0.352 e. The van der Waals surface area contributed by atoms with Gasteiger partial charge in [0.1, 0.15) is 0 Å². The highest BCUT2D eigenvalue weighted by molar-refractivity contribution is 7.89. The third kappa shape index (κ3) is 5.60. The lowest BCUT2D eigenvalue weighted by Crippen LogP contribution is -2.33. The van der Waals surface area contributed by atoms with E-state index in [0.717, 1.165) is 13.0 Å². The van der Waals surface area contributed by atoms with Crippen molar-refractivity contribution in [1.82, 2.24) is 14.5 Å². The van der Waals surface area contributed by atoms with Crippen LogP contribution in [0.4, 0.5) is 0 Å². The standard InChI is InChI=1S/C16H27N3O3S/c1-13(2)19(5)23(21,22)15-9-7-14(8-10-15)16(20)17-11-6-12-18(3)4/h7-10,13H,6,11-12H2,1-5H3,(H,17,20). The van der Waals surface area contributed by atoms with Crippen LogP contribution in [0.15, 0.2) is 29.2 Å². The summed E-state index contributed by atoms with van der Waals surface area (Å²) >= 11 is 0. The van der Waals surface area contributed by atoms with E-state index in [1.807, 2.05) is 27.9 Å². The van der Waals surface area contributed by atoms with Crippen molar-refractivity contribution in [2.75, 3.05) is 34.2 Å². The maximum atomic E-state index is 12.4. The smallest absolute Gasteiger partial charge is 0.251 e. The van der Waals surface area contributed by atoms with Gasteiger partial charge in [-0.05, 0) is 65.2 Å². The van der Waals surface area contributed by atoms with E-state index in [9.17, 15) is 13.2 Å². The second-order valence-electron chi connectivity index (χ2n) is 6.05. The van der Waals surface area contributed by atoms with Crippen LogP contribution in [0.25, 0.3) is 0 Å². The summed E-state index contributed by atoms with van der Waals surface area (Å²) in [5.41, 5.74) is 0.459. The maximum absolute atomic E-state index is 12.4. The van der Waals surface area contributed by atoms with Crippen LogP contribution in [0.3, 0.4) is 0 Å². The molecule has 0 unspecified atom stereocenters. The molecule has 1 amide bonds. The Labute approximate surface area is 139 Å². The number of nitrogens with zero attached hydrogens (tertiary/aromatic N) is 2. The average Bonchev–Trinajstić information content (AvgIpc) is 2.50. The monoisotopic (exact) mass is 341 g/mol. The normalized spacial score (nSPS) is 12.2. The predicted octanol–water partition coefficient (Wildman–Crippen LogP) is 1.40. The minimum atomic E-state index is -3.52. The van der Waals surface area contributed by atoms with E-state index in [2.05, 4.69) is 10.2 Å². The van der Waals surface area contributed by atoms with Crippen LogP contribution in [0, 0.1) is 0 Å². The van der Waals surface area contributed by atoms with Crippen molar-refractivity contribution >= 4 is 15.9 Å². The Kier molecular flexibility index (Phi) is 7.18. The molecule has 7 heteroatoms. The van der Waals surface area contributed by atoms with Gasteiger partial charge in [-0.15, -0.1) is 0 Å². The van der Waals surface area contributed by atoms with Crippen molar-refractivity contribution in [3.05, 3.63) is 29.8 Å². The van der Waals surface area contributed by atoms with E-state index in [1.54, 1.807) is 19.2 Å². The van der Waals surface area contributed by atoms with Crippen molar-refractivity contribution in [2.24, 2.45) is 0 Å². The van der Waals surface area contributed by atoms with Gasteiger partial charge in [0.2, 0.25) is 10.0 Å². The number of carbonyl (C=O) groups excluding carboxylic acids is 1. The molecule has 0 spiro atoms. The average molecular weight is 341 g/mol. The van der Waals surface area contributed by atoms with Crippen LogP contribution in [0.2, 0.25) is 0 Å². The molecule has 0 atom stereocenters. The summed E-state index contributed by atoms with van der Waals surface area (Å²) < 4.78 is 26.0. The lowest BCUT2D eigenvalue weighted by atomic mass is 10.2. The van der Waals surface area contributed by atoms with Crippen LogP contribution in [-0.4, -0.2) is 63.8 Å². The Morgan fingerprint density at radius 3 is 2.17 bits per heavy atom. The van der Waals surface area contributed by atoms with Gasteiger partial charge in [-0.2, -0.15) is 4.31 Å². The minimum absolute atomic E-state index is 0.125. The summed E-state index contributed by atoms with van der Waals surface area (Å²) in [5, 5.41) is 2.83. The third-order valence-electron chi connectivity index (χ3n) is 3.59. The molecule has 0 fully saturated rings. The van der Waals surface area contributed by atoms with Gasteiger partial charge < -0.3 is 10.2 Å². The molecule has 1 aromatic carbocycles. The van der Waals surface area contributed by atoms with Gasteiger partial charge in [0.15, 0.2) is 0 Å². The minimum Gasteiger partial charge on any atom is -0.352 e. The number of hydrogen-bond acceptors (Lipinski definition) is 4. The maximum Gasteiger partial charge on any atom is 0.251 e. The van der Waals surface area contributed by atoms with Gasteiger partial charge in [-0.25, -0.2) is 8.42 Å². The highest BCUT2D eigenvalue weighted by atomic mass is 32.2. The summed E-state index contributed by atoms with van der Waals surface area (Å²) in [5.74, 6) is -0.190. The molecule has 1 aromatic rings. The van der Waals surface area contributed by atoms with E-state index in [4.69, 9.17) is 0 Å². The molecule has 6 nitrogen and oxygen atoms in total. The molecule has 0 heterocycles. The van der Waals surface area contributed by atoms with Gasteiger partial charge in [0.05, 0.1) is 4.90 Å². The predicted molar refractivity (Wildman–Crippen MR) is 92.0 cm³/mol. The van der Waals surface area contributed by atoms with Gasteiger partial charge in [-0.1, -0.05) is 0 Å². The third-order valence-corrected chi connectivity index (χ3v) is 5.64. The van der Waals surface area contributed by atoms with E-state index in [1.165, 1.54) is 16.4 Å². The number of benzene rings is 1. The van der Waals surface area contributed by atoms with Gasteiger partial charge in [-0.3, -0.25) is 4.79 Å². The Balaban J connectivity index is 2.71. The van der Waals surface area contributed by atoms with Crippen LogP contribution >= 0.6 is 0 Å². The van der Waals surface area contributed by atoms with Crippen molar-refractivity contribution in [2.45, 2.75) is 31.2 Å². The summed E-state index contributed by atoms with van der Waals surface area (Å²) in [6.07, 6.45) is 0.865. The fourth-order valence-electron chi connectivity index (χ4n) is 1.92. The van der Waals surface area contributed by atoms with Crippen LogP contribution in [0.5, 0.6) is 0 Å². The number of carbonyl (C=O) groups is 1. The van der Waals surface area contributed by atoms with Gasteiger partial charge in [0.25, 0.3) is 5.91 Å². The lowest BCUT2D eigenvalue weighted by molar-refractivity contribution is 0.0952. The fourth-order valence-corrected chi connectivity index (χ4v) is 3.29. The Morgan fingerprint density at radius 1 is 1.13 bits per heavy atom. The van der Waals surface area contributed by atoms with Crippen LogP contribution in [0.1, 0.15) is 30.6 Å². The Bertz CT molecular complexity index is 610. The molecule has 0 aromatic heterocycles. The SMILES string of the molecule is CC(C)N(C)S(=O)(=O)c1ccc(C(=O)NCCCN(C)C)cc1. The molecule has 130 valence electrons. The van der Waals surface area contributed by atoms with Gasteiger partial charge >= 0.3 is 0 Å². The van der Waals surface area contributed by atoms with Crippen LogP contribution < -0.4 is 5.32 Å². The molecule has 0 saturated heterocycles. The lowest BCUT2D eigenvalue weighted by Gasteiger charge is -2.21. The molecule has 0 radical (unpaired) electrons. The van der Waals surface area contributed by atoms with Crippen molar-refractivity contribution in [3.63, 3.8) is 0 Å². The van der Waals surface area contributed by atoms with Crippen LogP contribution in [-0.2, 0) is 10.0 Å². The molecule has 1 rings (SSSR count). The highest BCUT2D eigenvalue weighted by Gasteiger charge is 2.23. The summed E-state index contributed by atoms with van der Waals surface area (Å²) in [7, 11) is 1.99. The zero-order chi connectivity index (χ0) is 17.6. The molecular weight excluding hydrogens is 314 g/mol. The first-order valence-corrected chi connectivity index (χ1v) is 9.11. The summed E-state index contributed by atoms with van der Waals surface area (Å²) in [6, 6.07) is 5.91. The molecule has 1 N–H and O–H groups in total. The summed E-state index contributed by atoms with van der Waals surface area (Å²) in [4.78, 5) is 14.3. The van der Waals surface area contributed by atoms with E-state index in [-0.39, 0.29) is 16.8 Å². The van der Waals surface area contributed by atoms with Crippen molar-refractivity contribution in [3.8, 4) is 0 Å². The number of sulfonamides is 1. The highest BCUT2D eigenvalue weighted by Crippen LogP contribution is 2.17. The first kappa shape index (κ1) is 19.6. The Morgan fingerprint density at radius 2 is 1.70 bits per heavy atom. The second-order valence-corrected chi connectivity index (χ2v) is 8.05. The van der Waals surface area contributed by atoms with Crippen molar-refractivity contribution in [1.29, 1.82) is 0 Å². The molecule has 0 aliphatic carbocycles. The quantitative estimate of drug-likeness (QED) is 0.726. The molecule has 0 aliphatic heterocycles. The number of amides is 1. The zero-order valence-corrected chi connectivity index (χ0v) is 15.4. The molecular formula is C16H27N3O3S. The molecule has 0 bridgehead atoms. The molecule has 0 saturated carbocycles. The fraction of sp³-hybridized carbons (Fsp3) is 0.562. The van der Waals surface area contributed by atoms with Gasteiger partial charge in [0, 0.05) is 25.2 Å². The number of rotatable bonds is 8. The first-order chi connectivity index (χ1) is 10.7. The Hall–Kier alpha value is -1.44. The number of hydrogen-bond donors (Lipinski definition) is 1. The van der Waals surface area contributed by atoms with E-state index >= 15 is 0 Å². The van der Waals surface area contributed by atoms with Crippen molar-refractivity contribution < 1.29 is 13.2 Å². The number of nitrogens with one attached hydrogen (secondary N) is 1. The first-order valence-electron chi connectivity index (χ1n) is 7.67. The summed E-state index contributed by atoms with van der Waals surface area (Å²) in [6.45, 7) is 5.12. The van der Waals surface area contributed by atoms with E-state index in [0.29, 0.717) is 12.1 Å².